The molecule has 2 heterocycles. The van der Waals surface area contributed by atoms with Crippen LogP contribution < -0.4 is 15.8 Å². The van der Waals surface area contributed by atoms with E-state index in [4.69, 9.17) is 5.14 Å². The second kappa shape index (κ2) is 9.77. The van der Waals surface area contributed by atoms with E-state index < -0.39 is 10.0 Å². The Bertz CT molecular complexity index is 1410. The fourth-order valence-electron chi connectivity index (χ4n) is 3.28. The van der Waals surface area contributed by atoms with Gasteiger partial charge in [-0.2, -0.15) is 0 Å². The number of sulfonamides is 1. The lowest BCUT2D eigenvalue weighted by Crippen LogP contribution is -2.13. The van der Waals surface area contributed by atoms with Gasteiger partial charge in [-0.05, 0) is 48.9 Å². The summed E-state index contributed by atoms with van der Waals surface area (Å²) in [5, 5.41) is 11.3. The Hall–Kier alpha value is -4.15. The van der Waals surface area contributed by atoms with Gasteiger partial charge in [0.05, 0.1) is 34.6 Å². The molecule has 0 bridgehead atoms. The highest BCUT2D eigenvalue weighted by molar-refractivity contribution is 7.89. The van der Waals surface area contributed by atoms with Crippen molar-refractivity contribution in [2.24, 2.45) is 5.14 Å². The molecule has 0 saturated heterocycles. The molecule has 34 heavy (non-hydrogen) atoms. The molecule has 4 N–H and O–H groups in total. The van der Waals surface area contributed by atoms with E-state index in [2.05, 4.69) is 25.6 Å². The van der Waals surface area contributed by atoms with E-state index in [1.165, 1.54) is 18.3 Å². The van der Waals surface area contributed by atoms with E-state index in [-0.39, 0.29) is 16.8 Å². The Morgan fingerprint density at radius 3 is 2.47 bits per heavy atom. The van der Waals surface area contributed by atoms with Crippen molar-refractivity contribution in [1.29, 1.82) is 0 Å². The molecule has 2 aromatic carbocycles. The van der Waals surface area contributed by atoms with Crippen LogP contribution in [-0.4, -0.2) is 29.3 Å². The molecule has 1 amide bonds. The minimum atomic E-state index is -3.76. The summed E-state index contributed by atoms with van der Waals surface area (Å²) in [6.07, 6.45) is 6.32. The first-order valence-electron chi connectivity index (χ1n) is 10.3. The third-order valence-electron chi connectivity index (χ3n) is 5.05. The fourth-order valence-corrected chi connectivity index (χ4v) is 3.80. The van der Waals surface area contributed by atoms with Crippen LogP contribution in [0.3, 0.4) is 0 Å². The van der Waals surface area contributed by atoms with Gasteiger partial charge in [0.1, 0.15) is 5.82 Å². The third-order valence-corrected chi connectivity index (χ3v) is 5.98. The zero-order chi connectivity index (χ0) is 24.1. The van der Waals surface area contributed by atoms with Gasteiger partial charge in [0.15, 0.2) is 0 Å². The van der Waals surface area contributed by atoms with Crippen LogP contribution in [-0.2, 0) is 10.0 Å². The molecule has 172 valence electrons. The topological polar surface area (TPSA) is 140 Å². The van der Waals surface area contributed by atoms with Crippen molar-refractivity contribution in [3.05, 3.63) is 96.6 Å². The summed E-state index contributed by atoms with van der Waals surface area (Å²) >= 11 is 0. The van der Waals surface area contributed by atoms with E-state index in [9.17, 15) is 13.2 Å². The SMILES string of the molecule is C[C@H](Nc1cncc(-c2ccc(S(N)(=O)=O)cc2)n1)c1cccc(NC(=O)c2cccnc2)c1. The predicted octanol–water partition coefficient (Wildman–Crippen LogP) is 3.61. The molecule has 0 aliphatic heterocycles. The van der Waals surface area contributed by atoms with E-state index in [0.717, 1.165) is 5.56 Å². The van der Waals surface area contributed by atoms with E-state index in [0.29, 0.717) is 28.3 Å². The van der Waals surface area contributed by atoms with E-state index in [1.54, 1.807) is 42.9 Å². The van der Waals surface area contributed by atoms with Crippen LogP contribution in [0.5, 0.6) is 0 Å². The number of amides is 1. The van der Waals surface area contributed by atoms with Gasteiger partial charge in [0.25, 0.3) is 5.91 Å². The molecular weight excluding hydrogens is 452 g/mol. The summed E-state index contributed by atoms with van der Waals surface area (Å²) in [6, 6.07) is 16.9. The van der Waals surface area contributed by atoms with Crippen LogP contribution in [0.15, 0.2) is 90.3 Å². The fraction of sp³-hybridized carbons (Fsp3) is 0.0833. The largest absolute Gasteiger partial charge is 0.362 e. The molecule has 0 unspecified atom stereocenters. The Morgan fingerprint density at radius 2 is 1.76 bits per heavy atom. The van der Waals surface area contributed by atoms with Gasteiger partial charge in [0.2, 0.25) is 10.0 Å². The molecular formula is C24H22N6O3S. The summed E-state index contributed by atoms with van der Waals surface area (Å²) < 4.78 is 22.9. The highest BCUT2D eigenvalue weighted by atomic mass is 32.2. The average molecular weight is 475 g/mol. The maximum absolute atomic E-state index is 12.4. The number of benzene rings is 2. The number of carbonyl (C=O) groups is 1. The molecule has 9 nitrogen and oxygen atoms in total. The molecule has 0 saturated carbocycles. The second-order valence-electron chi connectivity index (χ2n) is 7.55. The van der Waals surface area contributed by atoms with Crippen molar-refractivity contribution in [2.75, 3.05) is 10.6 Å². The lowest BCUT2D eigenvalue weighted by molar-refractivity contribution is 0.102. The van der Waals surface area contributed by atoms with Crippen molar-refractivity contribution >= 4 is 27.4 Å². The van der Waals surface area contributed by atoms with Gasteiger partial charge >= 0.3 is 0 Å². The Morgan fingerprint density at radius 1 is 0.971 bits per heavy atom. The van der Waals surface area contributed by atoms with E-state index >= 15 is 0 Å². The number of anilines is 2. The van der Waals surface area contributed by atoms with Crippen molar-refractivity contribution in [3.63, 3.8) is 0 Å². The van der Waals surface area contributed by atoms with Crippen molar-refractivity contribution in [1.82, 2.24) is 15.0 Å². The lowest BCUT2D eigenvalue weighted by Gasteiger charge is -2.16. The summed E-state index contributed by atoms with van der Waals surface area (Å²) in [7, 11) is -3.76. The first-order valence-corrected chi connectivity index (χ1v) is 11.9. The zero-order valence-electron chi connectivity index (χ0n) is 18.2. The molecule has 10 heteroatoms. The summed E-state index contributed by atoms with van der Waals surface area (Å²) in [6.45, 7) is 1.97. The van der Waals surface area contributed by atoms with Gasteiger partial charge in [0, 0.05) is 23.6 Å². The van der Waals surface area contributed by atoms with Gasteiger partial charge < -0.3 is 10.6 Å². The number of rotatable bonds is 7. The number of pyridine rings is 1. The predicted molar refractivity (Wildman–Crippen MR) is 130 cm³/mol. The Kier molecular flexibility index (Phi) is 6.62. The van der Waals surface area contributed by atoms with Crippen molar-refractivity contribution in [2.45, 2.75) is 17.9 Å². The van der Waals surface area contributed by atoms with Crippen LogP contribution in [0.1, 0.15) is 28.9 Å². The van der Waals surface area contributed by atoms with Crippen LogP contribution in [0.2, 0.25) is 0 Å². The Balaban J connectivity index is 1.47. The smallest absolute Gasteiger partial charge is 0.257 e. The molecule has 0 spiro atoms. The highest BCUT2D eigenvalue weighted by Gasteiger charge is 2.12. The zero-order valence-corrected chi connectivity index (χ0v) is 19.0. The van der Waals surface area contributed by atoms with Crippen LogP contribution >= 0.6 is 0 Å². The van der Waals surface area contributed by atoms with Gasteiger partial charge in [-0.15, -0.1) is 0 Å². The molecule has 2 aromatic heterocycles. The third kappa shape index (κ3) is 5.61. The number of hydrogen-bond acceptors (Lipinski definition) is 7. The second-order valence-corrected chi connectivity index (χ2v) is 9.11. The molecule has 0 aliphatic carbocycles. The first-order chi connectivity index (χ1) is 16.3. The number of nitrogens with one attached hydrogen (secondary N) is 2. The van der Waals surface area contributed by atoms with Crippen LogP contribution in [0.4, 0.5) is 11.5 Å². The van der Waals surface area contributed by atoms with Crippen molar-refractivity contribution in [3.8, 4) is 11.3 Å². The van der Waals surface area contributed by atoms with Gasteiger partial charge in [-0.1, -0.05) is 24.3 Å². The number of carbonyl (C=O) groups excluding carboxylic acids is 1. The number of nitrogens with zero attached hydrogens (tertiary/aromatic N) is 3. The van der Waals surface area contributed by atoms with Gasteiger partial charge in [-0.25, -0.2) is 18.5 Å². The number of aromatic nitrogens is 3. The molecule has 4 rings (SSSR count). The van der Waals surface area contributed by atoms with Crippen molar-refractivity contribution < 1.29 is 13.2 Å². The highest BCUT2D eigenvalue weighted by Crippen LogP contribution is 2.24. The maximum Gasteiger partial charge on any atom is 0.257 e. The van der Waals surface area contributed by atoms with Gasteiger partial charge in [-0.3, -0.25) is 14.8 Å². The first kappa shape index (κ1) is 23.0. The normalized spacial score (nSPS) is 12.1. The monoisotopic (exact) mass is 474 g/mol. The number of hydrogen-bond donors (Lipinski definition) is 3. The summed E-state index contributed by atoms with van der Waals surface area (Å²) in [4.78, 5) is 25.2. The molecule has 4 aromatic rings. The van der Waals surface area contributed by atoms with Crippen LogP contribution in [0, 0.1) is 0 Å². The quantitative estimate of drug-likeness (QED) is 0.372. The summed E-state index contributed by atoms with van der Waals surface area (Å²) in [5.74, 6) is 0.309. The minimum absolute atomic E-state index is 0.0302. The summed E-state index contributed by atoms with van der Waals surface area (Å²) in [5.41, 5.74) is 3.36. The van der Waals surface area contributed by atoms with Crippen LogP contribution in [0.25, 0.3) is 11.3 Å². The molecule has 0 aliphatic rings. The standard InChI is InChI=1S/C24H22N6O3S/c1-16(18-4-2-6-20(12-18)29-24(31)19-5-3-11-26-13-19)28-23-15-27-14-22(30-23)17-7-9-21(10-8-17)34(25,32)33/h2-16H,1H3,(H,28,30)(H,29,31)(H2,25,32,33)/t16-/m0/s1. The molecule has 1 atom stereocenters. The molecule has 0 radical (unpaired) electrons. The lowest BCUT2D eigenvalue weighted by atomic mass is 10.1. The molecule has 0 fully saturated rings. The number of nitrogens with two attached hydrogens (primary N) is 1. The van der Waals surface area contributed by atoms with E-state index in [1.807, 2.05) is 31.2 Å². The average Bonchev–Trinajstić information content (AvgIpc) is 2.84. The maximum atomic E-state index is 12.4. The minimum Gasteiger partial charge on any atom is -0.362 e. The Labute approximate surface area is 197 Å². The number of primary sulfonamides is 1.